The maximum absolute atomic E-state index is 5.71. The van der Waals surface area contributed by atoms with Gasteiger partial charge in [-0.3, -0.25) is 0 Å². The van der Waals surface area contributed by atoms with Crippen LogP contribution >= 0.6 is 22.6 Å². The van der Waals surface area contributed by atoms with Crippen LogP contribution in [-0.2, 0) is 14.2 Å². The van der Waals surface area contributed by atoms with Crippen LogP contribution in [0.15, 0.2) is 72.8 Å². The molecule has 0 atom stereocenters. The molecule has 0 spiro atoms. The molecule has 2 aromatic carbocycles. The lowest BCUT2D eigenvalue weighted by Gasteiger charge is -2.08. The van der Waals surface area contributed by atoms with E-state index in [2.05, 4.69) is 64.3 Å². The third-order valence-corrected chi connectivity index (χ3v) is 4.89. The van der Waals surface area contributed by atoms with Crippen molar-refractivity contribution >= 4 is 40.4 Å². The molecule has 0 bridgehead atoms. The van der Waals surface area contributed by atoms with Crippen molar-refractivity contribution in [2.75, 3.05) is 63.0 Å². The maximum Gasteiger partial charge on any atom is 0.119 e. The number of anilines is 1. The molecule has 0 aliphatic carbocycles. The Morgan fingerprint density at radius 1 is 0.636 bits per heavy atom. The van der Waals surface area contributed by atoms with Gasteiger partial charge in [-0.25, -0.2) is 0 Å². The molecule has 33 heavy (non-hydrogen) atoms. The Morgan fingerprint density at radius 2 is 1.12 bits per heavy atom. The highest BCUT2D eigenvalue weighted by Gasteiger charge is 1.95. The summed E-state index contributed by atoms with van der Waals surface area (Å²) < 4.78 is 23.0. The Bertz CT molecular complexity index is 832. The predicted octanol–water partition coefficient (Wildman–Crippen LogP) is 5.87. The average molecular weight is 559 g/mol. The average Bonchev–Trinajstić information content (AvgIpc) is 2.86. The zero-order valence-corrected chi connectivity index (χ0v) is 21.4. The molecule has 0 unspecified atom stereocenters. The Labute approximate surface area is 211 Å². The van der Waals surface area contributed by atoms with Crippen LogP contribution in [0.5, 0.6) is 5.75 Å². The van der Waals surface area contributed by atoms with Gasteiger partial charge < -0.3 is 24.3 Å². The quantitative estimate of drug-likeness (QED) is 0.114. The number of rotatable bonds is 17. The van der Waals surface area contributed by atoms with Crippen molar-refractivity contribution in [2.45, 2.75) is 0 Å². The lowest BCUT2D eigenvalue weighted by molar-refractivity contribution is 0.0120. The SMILES string of the molecule is CNc1ccc(/C=C/C=C/C=C/c2ccc(OCCOCCOCCOCC[123I])cc2)cc1. The summed E-state index contributed by atoms with van der Waals surface area (Å²) in [6.07, 6.45) is 12.2. The number of allylic oxidation sites excluding steroid dienone is 4. The number of ether oxygens (including phenoxy) is 4. The second kappa shape index (κ2) is 18.3. The first-order valence-corrected chi connectivity index (χ1v) is 12.7. The topological polar surface area (TPSA) is 49.0 Å². The highest BCUT2D eigenvalue weighted by molar-refractivity contribution is 14.1. The molecule has 0 aromatic heterocycles. The van der Waals surface area contributed by atoms with Gasteiger partial charge in [0.1, 0.15) is 12.4 Å². The van der Waals surface area contributed by atoms with E-state index in [1.165, 1.54) is 5.56 Å². The molecule has 0 heterocycles. The molecule has 0 fully saturated rings. The second-order valence-corrected chi connectivity index (χ2v) is 8.00. The van der Waals surface area contributed by atoms with Crippen molar-refractivity contribution < 1.29 is 18.9 Å². The minimum Gasteiger partial charge on any atom is -0.491 e. The van der Waals surface area contributed by atoms with Crippen LogP contribution in [-0.4, -0.2) is 57.7 Å². The molecular weight excluding hydrogens is 525 g/mol. The van der Waals surface area contributed by atoms with Gasteiger partial charge in [0, 0.05) is 17.2 Å². The van der Waals surface area contributed by atoms with Crippen molar-refractivity contribution in [3.05, 3.63) is 84.0 Å². The summed E-state index contributed by atoms with van der Waals surface area (Å²) in [6.45, 7) is 4.20. The second-order valence-electron chi connectivity index (χ2n) is 6.92. The first kappa shape index (κ1) is 27.1. The number of hydrogen-bond acceptors (Lipinski definition) is 5. The zero-order valence-electron chi connectivity index (χ0n) is 19.3. The highest BCUT2D eigenvalue weighted by atomic mass is 123. The van der Waals surface area contributed by atoms with Crippen molar-refractivity contribution in [3.63, 3.8) is 0 Å². The third kappa shape index (κ3) is 13.2. The molecule has 0 saturated carbocycles. The molecule has 2 aromatic rings. The molecule has 5 nitrogen and oxygen atoms in total. The predicted molar refractivity (Wildman–Crippen MR) is 146 cm³/mol. The molecule has 0 aliphatic rings. The van der Waals surface area contributed by atoms with Crippen molar-refractivity contribution in [1.29, 1.82) is 0 Å². The van der Waals surface area contributed by atoms with E-state index in [4.69, 9.17) is 18.9 Å². The molecule has 0 aliphatic heterocycles. The van der Waals surface area contributed by atoms with Crippen LogP contribution in [0.25, 0.3) is 12.2 Å². The van der Waals surface area contributed by atoms with Crippen LogP contribution in [0.1, 0.15) is 11.1 Å². The van der Waals surface area contributed by atoms with Crippen LogP contribution in [0.4, 0.5) is 5.69 Å². The summed E-state index contributed by atoms with van der Waals surface area (Å²) in [4.78, 5) is 0. The fraction of sp³-hybridized carbons (Fsp3) is 0.333. The smallest absolute Gasteiger partial charge is 0.119 e. The Balaban J connectivity index is 1.55. The highest BCUT2D eigenvalue weighted by Crippen LogP contribution is 2.13. The van der Waals surface area contributed by atoms with Gasteiger partial charge in [0.25, 0.3) is 0 Å². The van der Waals surface area contributed by atoms with Gasteiger partial charge in [-0.15, -0.1) is 0 Å². The first-order chi connectivity index (χ1) is 16.3. The Morgan fingerprint density at radius 3 is 1.64 bits per heavy atom. The fourth-order valence-corrected chi connectivity index (χ4v) is 3.02. The standard InChI is InChI=1S/C27H34INO4/c1-29-26-12-8-24(9-13-26)6-4-2-3-5-7-25-10-14-27(15-11-25)33-23-22-32-21-20-31-19-18-30-17-16-28/h2-15,29H,16-23H2,1H3/b3-2+,6-4+,7-5+/i28-4. The van der Waals surface area contributed by atoms with Crippen molar-refractivity contribution in [3.8, 4) is 5.75 Å². The van der Waals surface area contributed by atoms with Crippen molar-refractivity contribution in [2.24, 2.45) is 0 Å². The third-order valence-electron chi connectivity index (χ3n) is 4.45. The van der Waals surface area contributed by atoms with Crippen LogP contribution < -0.4 is 10.1 Å². The Hall–Kier alpha value is -2.13. The van der Waals surface area contributed by atoms with E-state index in [0.717, 1.165) is 28.0 Å². The monoisotopic (exact) mass is 559 g/mol. The number of nitrogens with one attached hydrogen (secondary N) is 1. The van der Waals surface area contributed by atoms with Crippen LogP contribution in [0, 0.1) is 0 Å². The first-order valence-electron chi connectivity index (χ1n) is 11.1. The summed E-state index contributed by atoms with van der Waals surface area (Å²) in [5.74, 6) is 0.835. The minimum atomic E-state index is 0.515. The van der Waals surface area contributed by atoms with Gasteiger partial charge >= 0.3 is 0 Å². The summed E-state index contributed by atoms with van der Waals surface area (Å²) in [5.41, 5.74) is 3.40. The normalized spacial score (nSPS) is 11.7. The zero-order chi connectivity index (χ0) is 23.4. The lowest BCUT2D eigenvalue weighted by Crippen LogP contribution is -2.13. The van der Waals surface area contributed by atoms with Gasteiger partial charge in [0.05, 0.1) is 39.6 Å². The number of hydrogen-bond donors (Lipinski definition) is 1. The molecule has 0 amide bonds. The maximum atomic E-state index is 5.71. The van der Waals surface area contributed by atoms with E-state index >= 15 is 0 Å². The summed E-state index contributed by atoms with van der Waals surface area (Å²) >= 11 is 2.29. The minimum absolute atomic E-state index is 0.515. The summed E-state index contributed by atoms with van der Waals surface area (Å²) in [7, 11) is 1.92. The van der Waals surface area contributed by atoms with Gasteiger partial charge in [-0.1, -0.05) is 83.3 Å². The molecule has 178 valence electrons. The van der Waals surface area contributed by atoms with Gasteiger partial charge in [0.2, 0.25) is 0 Å². The summed E-state index contributed by atoms with van der Waals surface area (Å²) in [5, 5.41) is 3.12. The van der Waals surface area contributed by atoms with Gasteiger partial charge in [-0.05, 0) is 35.4 Å². The summed E-state index contributed by atoms with van der Waals surface area (Å²) in [6, 6.07) is 16.3. The van der Waals surface area contributed by atoms with E-state index < -0.39 is 0 Å². The Kier molecular flexibility index (Phi) is 15.0. The van der Waals surface area contributed by atoms with E-state index in [-0.39, 0.29) is 0 Å². The van der Waals surface area contributed by atoms with Gasteiger partial charge in [-0.2, -0.15) is 0 Å². The van der Waals surface area contributed by atoms with E-state index in [0.29, 0.717) is 39.6 Å². The van der Waals surface area contributed by atoms with E-state index in [1.54, 1.807) is 0 Å². The van der Waals surface area contributed by atoms with Gasteiger partial charge in [0.15, 0.2) is 0 Å². The molecule has 2 rings (SSSR count). The largest absolute Gasteiger partial charge is 0.491 e. The van der Waals surface area contributed by atoms with E-state index in [9.17, 15) is 0 Å². The fourth-order valence-electron chi connectivity index (χ4n) is 2.71. The number of benzene rings is 2. The molecule has 0 radical (unpaired) electrons. The van der Waals surface area contributed by atoms with Crippen LogP contribution in [0.3, 0.4) is 0 Å². The molecular formula is C27H34INO4. The van der Waals surface area contributed by atoms with Crippen molar-refractivity contribution in [1.82, 2.24) is 0 Å². The molecule has 6 heteroatoms. The number of halogens is 1. The lowest BCUT2D eigenvalue weighted by atomic mass is 10.2. The van der Waals surface area contributed by atoms with E-state index in [1.807, 2.05) is 55.6 Å². The number of alkyl halides is 1. The van der Waals surface area contributed by atoms with Crippen LogP contribution in [0.2, 0.25) is 0 Å². The molecule has 1 N–H and O–H groups in total. The molecule has 0 saturated heterocycles.